The molecule has 0 aliphatic carbocycles. The number of ketones is 2. The Morgan fingerprint density at radius 1 is 0.950 bits per heavy atom. The number of methoxy groups -OCH3 is 2. The number of benzene rings is 1. The number of rotatable bonds is 17. The van der Waals surface area contributed by atoms with Crippen LogP contribution in [0.4, 0.5) is 5.69 Å². The molecule has 2 aromatic heterocycles. The minimum Gasteiger partial charge on any atom is -0.494 e. The van der Waals surface area contributed by atoms with Gasteiger partial charge in [0.1, 0.15) is 11.4 Å². The molecule has 0 radical (unpaired) electrons. The summed E-state index contributed by atoms with van der Waals surface area (Å²) in [5, 5.41) is 2.35. The Bertz CT molecular complexity index is 1340. The van der Waals surface area contributed by atoms with Crippen molar-refractivity contribution in [2.24, 2.45) is 0 Å². The summed E-state index contributed by atoms with van der Waals surface area (Å²) < 4.78 is 13.1. The number of unbranched alkanes of at least 4 members (excludes halogenated alkanes) is 2. The van der Waals surface area contributed by atoms with Gasteiger partial charge >= 0.3 is 0 Å². The fraction of sp³-hybridized carbons (Fsp3) is 0.452. The molecular weight excluding hydrogens is 530 g/mol. The van der Waals surface area contributed by atoms with Crippen molar-refractivity contribution in [3.63, 3.8) is 0 Å². The topological polar surface area (TPSA) is 89.4 Å². The molecule has 0 spiro atoms. The van der Waals surface area contributed by atoms with Gasteiger partial charge in [0, 0.05) is 30.3 Å². The van der Waals surface area contributed by atoms with Crippen molar-refractivity contribution >= 4 is 39.6 Å². The van der Waals surface area contributed by atoms with Crippen LogP contribution < -0.4 is 14.8 Å². The molecule has 1 aromatic carbocycles. The van der Waals surface area contributed by atoms with Crippen molar-refractivity contribution in [2.75, 3.05) is 45.7 Å². The second-order valence-electron chi connectivity index (χ2n) is 9.79. The van der Waals surface area contributed by atoms with E-state index in [4.69, 9.17) is 21.1 Å². The van der Waals surface area contributed by atoms with Gasteiger partial charge in [-0.15, -0.1) is 0 Å². The van der Waals surface area contributed by atoms with Crippen molar-refractivity contribution < 1.29 is 23.9 Å². The number of aromatic nitrogens is 1. The monoisotopic (exact) mass is 569 g/mol. The number of carbonyl (C=O) groups excluding carboxylic acids is 3. The van der Waals surface area contributed by atoms with E-state index in [0.717, 1.165) is 44.3 Å². The molecule has 0 aliphatic heterocycles. The normalized spacial score (nSPS) is 11.2. The van der Waals surface area contributed by atoms with Crippen LogP contribution in [0.15, 0.2) is 36.5 Å². The Balaban J connectivity index is 2.10. The fourth-order valence-electron chi connectivity index (χ4n) is 5.02. The van der Waals surface area contributed by atoms with Gasteiger partial charge in [0.05, 0.1) is 37.5 Å². The lowest BCUT2D eigenvalue weighted by Gasteiger charge is -2.22. The van der Waals surface area contributed by atoms with Crippen molar-refractivity contribution in [1.29, 1.82) is 0 Å². The maximum absolute atomic E-state index is 14.2. The first-order chi connectivity index (χ1) is 19.3. The van der Waals surface area contributed by atoms with Crippen LogP contribution in [0.2, 0.25) is 0 Å². The van der Waals surface area contributed by atoms with E-state index in [9.17, 15) is 14.4 Å². The maximum atomic E-state index is 14.2. The molecule has 0 bridgehead atoms. The molecule has 1 N–H and O–H groups in total. The Hall–Kier alpha value is -3.36. The first-order valence-corrected chi connectivity index (χ1v) is 14.2. The van der Waals surface area contributed by atoms with Gasteiger partial charge in [-0.05, 0) is 68.7 Å². The molecule has 0 saturated carbocycles. The van der Waals surface area contributed by atoms with Gasteiger partial charge < -0.3 is 24.1 Å². The SMILES string of the molecule is CCCCN(CCCC)CCC(=O)c1c(C(=O)c2c(C)c(OC)c3ccccn23)ccc(NCC(=O)Cl)c1OC. The summed E-state index contributed by atoms with van der Waals surface area (Å²) >= 11 is 5.56. The average Bonchev–Trinajstić information content (AvgIpc) is 3.25. The summed E-state index contributed by atoms with van der Waals surface area (Å²) in [5.41, 5.74) is 2.68. The molecule has 3 rings (SSSR count). The molecule has 9 heteroatoms. The van der Waals surface area contributed by atoms with Crippen LogP contribution in [0.25, 0.3) is 5.52 Å². The summed E-state index contributed by atoms with van der Waals surface area (Å²) in [6.45, 7) is 8.40. The van der Waals surface area contributed by atoms with Crippen LogP contribution in [-0.2, 0) is 4.79 Å². The predicted octanol–water partition coefficient (Wildman–Crippen LogP) is 6.15. The van der Waals surface area contributed by atoms with E-state index in [1.807, 2.05) is 25.1 Å². The van der Waals surface area contributed by atoms with E-state index < -0.39 is 5.24 Å². The second-order valence-corrected chi connectivity index (χ2v) is 10.2. The van der Waals surface area contributed by atoms with Gasteiger partial charge in [-0.2, -0.15) is 0 Å². The highest BCUT2D eigenvalue weighted by molar-refractivity contribution is 6.64. The van der Waals surface area contributed by atoms with Crippen LogP contribution >= 0.6 is 11.6 Å². The number of nitrogens with zero attached hydrogens (tertiary/aromatic N) is 2. The van der Waals surface area contributed by atoms with Crippen LogP contribution in [0, 0.1) is 6.92 Å². The number of nitrogens with one attached hydrogen (secondary N) is 1. The third-order valence-electron chi connectivity index (χ3n) is 7.06. The van der Waals surface area contributed by atoms with Crippen LogP contribution in [0.3, 0.4) is 0 Å². The van der Waals surface area contributed by atoms with Gasteiger partial charge in [0.2, 0.25) is 11.0 Å². The molecule has 2 heterocycles. The van der Waals surface area contributed by atoms with Gasteiger partial charge in [0.25, 0.3) is 0 Å². The predicted molar refractivity (Wildman–Crippen MR) is 160 cm³/mol. The first kappa shape index (κ1) is 31.2. The molecule has 3 aromatic rings. The summed E-state index contributed by atoms with van der Waals surface area (Å²) in [4.78, 5) is 41.9. The minimum absolute atomic E-state index is 0.152. The Kier molecular flexibility index (Phi) is 11.6. The first-order valence-electron chi connectivity index (χ1n) is 13.9. The van der Waals surface area contributed by atoms with Crippen molar-refractivity contribution in [2.45, 2.75) is 52.9 Å². The highest BCUT2D eigenvalue weighted by Gasteiger charge is 2.29. The number of Topliss-reactive ketones (excluding diaryl/α,β-unsaturated/α-hetero) is 1. The van der Waals surface area contributed by atoms with Gasteiger partial charge in [-0.1, -0.05) is 32.8 Å². The van der Waals surface area contributed by atoms with Crippen molar-refractivity contribution in [3.05, 3.63) is 58.9 Å². The molecule has 0 aliphatic rings. The zero-order valence-corrected chi connectivity index (χ0v) is 24.9. The zero-order valence-electron chi connectivity index (χ0n) is 24.1. The Morgan fingerprint density at radius 3 is 2.23 bits per heavy atom. The van der Waals surface area contributed by atoms with Crippen LogP contribution in [0.5, 0.6) is 11.5 Å². The molecule has 40 heavy (non-hydrogen) atoms. The quantitative estimate of drug-likeness (QED) is 0.154. The summed E-state index contributed by atoms with van der Waals surface area (Å²) in [7, 11) is 3.02. The van der Waals surface area contributed by atoms with Crippen molar-refractivity contribution in [3.8, 4) is 11.5 Å². The number of pyridine rings is 1. The van der Waals surface area contributed by atoms with E-state index >= 15 is 0 Å². The molecule has 8 nitrogen and oxygen atoms in total. The van der Waals surface area contributed by atoms with E-state index in [-0.39, 0.29) is 41.4 Å². The van der Waals surface area contributed by atoms with E-state index in [1.165, 1.54) is 7.11 Å². The summed E-state index contributed by atoms with van der Waals surface area (Å²) in [6, 6.07) is 8.85. The fourth-order valence-corrected chi connectivity index (χ4v) is 5.08. The highest BCUT2D eigenvalue weighted by Crippen LogP contribution is 2.37. The van der Waals surface area contributed by atoms with E-state index in [0.29, 0.717) is 29.2 Å². The lowest BCUT2D eigenvalue weighted by Crippen LogP contribution is -2.29. The van der Waals surface area contributed by atoms with Crippen LogP contribution in [0.1, 0.15) is 77.9 Å². The van der Waals surface area contributed by atoms with E-state index in [2.05, 4.69) is 24.1 Å². The van der Waals surface area contributed by atoms with Gasteiger partial charge in [0.15, 0.2) is 11.5 Å². The molecule has 0 saturated heterocycles. The number of hydrogen-bond donors (Lipinski definition) is 1. The number of halogens is 1. The van der Waals surface area contributed by atoms with E-state index in [1.54, 1.807) is 29.8 Å². The molecule has 0 unspecified atom stereocenters. The number of carbonyl (C=O) groups is 3. The number of fused-ring (bicyclic) bond motifs is 1. The maximum Gasteiger partial charge on any atom is 0.240 e. The second kappa shape index (κ2) is 14.9. The van der Waals surface area contributed by atoms with Gasteiger partial charge in [-0.3, -0.25) is 14.4 Å². The van der Waals surface area contributed by atoms with Gasteiger partial charge in [-0.25, -0.2) is 0 Å². The number of hydrogen-bond acceptors (Lipinski definition) is 7. The zero-order chi connectivity index (χ0) is 29.2. The smallest absolute Gasteiger partial charge is 0.240 e. The molecule has 0 atom stereocenters. The largest absolute Gasteiger partial charge is 0.494 e. The average molecular weight is 570 g/mol. The lowest BCUT2D eigenvalue weighted by molar-refractivity contribution is -0.110. The summed E-state index contributed by atoms with van der Waals surface area (Å²) in [5.74, 6) is 0.292. The Morgan fingerprint density at radius 2 is 1.62 bits per heavy atom. The Labute approximate surface area is 241 Å². The highest BCUT2D eigenvalue weighted by atomic mass is 35.5. The lowest BCUT2D eigenvalue weighted by atomic mass is 9.94. The molecule has 0 amide bonds. The minimum atomic E-state index is -0.583. The molecule has 0 fully saturated rings. The number of anilines is 1. The molecule has 216 valence electrons. The third-order valence-corrected chi connectivity index (χ3v) is 7.20. The number of ether oxygens (including phenoxy) is 2. The summed E-state index contributed by atoms with van der Waals surface area (Å²) in [6.07, 6.45) is 6.28. The van der Waals surface area contributed by atoms with Crippen molar-refractivity contribution in [1.82, 2.24) is 9.30 Å². The standard InChI is InChI=1S/C31H40ClN3O5/c1-6-8-16-34(17-9-7-2)19-15-25(36)27-22(13-14-23(31(27)40-5)33-20-26(32)37)29(38)28-21(3)30(39-4)24-12-10-11-18-35(24)28/h10-14,18,33H,6-9,15-17,19-20H2,1-5H3. The molecular formula is C31H40ClN3O5. The third kappa shape index (κ3) is 7.04. The van der Waals surface area contributed by atoms with Crippen LogP contribution in [-0.4, -0.2) is 66.5 Å².